The second-order valence-electron chi connectivity index (χ2n) is 5.91. The van der Waals surface area contributed by atoms with Gasteiger partial charge in [-0.05, 0) is 72.8 Å². The average Bonchev–Trinajstić information content (AvgIpc) is 3.32. The number of aromatic nitrogens is 4. The van der Waals surface area contributed by atoms with Crippen LogP contribution in [0.3, 0.4) is 0 Å². The standard InChI is InChI=1S/C20H14N4.BH3/c1-2-14-10-16-5-6-18(23-16)12-20-8-7-19(24-20)11-17-4-3-15(22-17)9-13(1)21-14;/h1-12,21,24H;1H3. The van der Waals surface area contributed by atoms with E-state index in [1.165, 1.54) is 0 Å². The Morgan fingerprint density at radius 2 is 0.760 bits per heavy atom. The number of fused-ring (bicyclic) bond motifs is 8. The molecular weight excluding hydrogens is 307 g/mol. The maximum Gasteiger partial charge on any atom is 0.0814 e. The highest BCUT2D eigenvalue weighted by molar-refractivity contribution is 5.77. The smallest absolute Gasteiger partial charge is 0.0814 e. The second-order valence-corrected chi connectivity index (χ2v) is 5.91. The van der Waals surface area contributed by atoms with Crippen LogP contribution in [0.4, 0.5) is 0 Å². The lowest BCUT2D eigenvalue weighted by molar-refractivity contribution is 1.31. The van der Waals surface area contributed by atoms with Crippen molar-refractivity contribution < 1.29 is 0 Å². The Balaban J connectivity index is 0.00000157. The van der Waals surface area contributed by atoms with Gasteiger partial charge < -0.3 is 9.97 Å². The summed E-state index contributed by atoms with van der Waals surface area (Å²) >= 11 is 0. The van der Waals surface area contributed by atoms with E-state index in [0.29, 0.717) is 0 Å². The Bertz CT molecular complexity index is 990. The van der Waals surface area contributed by atoms with Gasteiger partial charge in [-0.15, -0.1) is 0 Å². The summed E-state index contributed by atoms with van der Waals surface area (Å²) in [4.78, 5) is 16.0. The number of hydrogen-bond acceptors (Lipinski definition) is 2. The van der Waals surface area contributed by atoms with E-state index in [-0.39, 0.29) is 8.41 Å². The minimum atomic E-state index is 0. The first-order chi connectivity index (χ1) is 11.8. The molecule has 0 aromatic carbocycles. The third-order valence-electron chi connectivity index (χ3n) is 4.04. The van der Waals surface area contributed by atoms with Gasteiger partial charge in [0, 0.05) is 22.1 Å². The quantitative estimate of drug-likeness (QED) is 0.429. The summed E-state index contributed by atoms with van der Waals surface area (Å²) in [6, 6.07) is 16.4. The van der Waals surface area contributed by atoms with Gasteiger partial charge in [-0.2, -0.15) is 0 Å². The zero-order valence-electron chi connectivity index (χ0n) is 12.8. The molecule has 0 radical (unpaired) electrons. The third kappa shape index (κ3) is 3.04. The van der Waals surface area contributed by atoms with Crippen molar-refractivity contribution in [2.45, 2.75) is 0 Å². The van der Waals surface area contributed by atoms with Crippen molar-refractivity contribution in [2.24, 2.45) is 0 Å². The fourth-order valence-corrected chi connectivity index (χ4v) is 2.94. The third-order valence-corrected chi connectivity index (χ3v) is 4.04. The highest BCUT2D eigenvalue weighted by Gasteiger charge is 2.00. The maximum absolute atomic E-state index is 4.63. The predicted molar refractivity (Wildman–Crippen MR) is 109 cm³/mol. The van der Waals surface area contributed by atoms with Crippen molar-refractivity contribution in [1.29, 1.82) is 0 Å². The number of nitrogens with zero attached hydrogens (tertiary/aromatic N) is 2. The van der Waals surface area contributed by atoms with Gasteiger partial charge in [0.25, 0.3) is 0 Å². The number of hydrogen-bond donors (Lipinski definition) is 2. The summed E-state index contributed by atoms with van der Waals surface area (Å²) in [5, 5.41) is 0. The molecule has 0 atom stereocenters. The molecule has 4 nitrogen and oxygen atoms in total. The first-order valence-corrected chi connectivity index (χ1v) is 7.85. The Morgan fingerprint density at radius 3 is 1.04 bits per heavy atom. The van der Waals surface area contributed by atoms with Crippen LogP contribution >= 0.6 is 0 Å². The van der Waals surface area contributed by atoms with Crippen LogP contribution in [0.1, 0.15) is 22.8 Å². The second kappa shape index (κ2) is 5.94. The van der Waals surface area contributed by atoms with Crippen LogP contribution in [0.15, 0.2) is 48.5 Å². The number of H-pyrrole nitrogens is 2. The molecule has 3 aromatic heterocycles. The van der Waals surface area contributed by atoms with Gasteiger partial charge in [0.05, 0.1) is 31.2 Å². The molecule has 0 spiro atoms. The summed E-state index contributed by atoms with van der Waals surface area (Å²) in [6.07, 6.45) is 8.09. The highest BCUT2D eigenvalue weighted by atomic mass is 14.8. The van der Waals surface area contributed by atoms with E-state index in [2.05, 4.69) is 44.2 Å². The number of rotatable bonds is 0. The van der Waals surface area contributed by atoms with Crippen molar-refractivity contribution in [3.05, 3.63) is 71.3 Å². The maximum atomic E-state index is 4.63. The van der Waals surface area contributed by atoms with Crippen LogP contribution in [0.25, 0.3) is 46.4 Å². The van der Waals surface area contributed by atoms with Crippen molar-refractivity contribution in [1.82, 2.24) is 19.9 Å². The first-order valence-electron chi connectivity index (χ1n) is 7.85. The van der Waals surface area contributed by atoms with Crippen molar-refractivity contribution in [2.75, 3.05) is 0 Å². The van der Waals surface area contributed by atoms with Crippen LogP contribution in [-0.2, 0) is 0 Å². The average molecular weight is 324 g/mol. The Labute approximate surface area is 146 Å². The van der Waals surface area contributed by atoms with Gasteiger partial charge in [-0.3, -0.25) is 0 Å². The van der Waals surface area contributed by atoms with Crippen molar-refractivity contribution >= 4 is 54.8 Å². The van der Waals surface area contributed by atoms with Gasteiger partial charge in [0.2, 0.25) is 0 Å². The van der Waals surface area contributed by atoms with Crippen LogP contribution in [-0.4, -0.2) is 28.3 Å². The van der Waals surface area contributed by atoms with E-state index in [1.54, 1.807) is 0 Å². The topological polar surface area (TPSA) is 57.4 Å². The highest BCUT2D eigenvalue weighted by Crippen LogP contribution is 2.16. The molecule has 3 aromatic rings. The Kier molecular flexibility index (Phi) is 3.62. The largest absolute Gasteiger partial charge is 0.355 e. The van der Waals surface area contributed by atoms with Gasteiger partial charge in [-0.1, -0.05) is 0 Å². The van der Waals surface area contributed by atoms with Crippen LogP contribution in [0.2, 0.25) is 0 Å². The Morgan fingerprint density at radius 1 is 0.480 bits per heavy atom. The SMILES string of the molecule is B.C1=Cc2cc3ccc(cc4nc(cc5ccc(cc1n2)[nH]5)C=C4)[nH]3. The predicted octanol–water partition coefficient (Wildman–Crippen LogP) is 3.47. The minimum absolute atomic E-state index is 0. The van der Waals surface area contributed by atoms with Gasteiger partial charge in [0.15, 0.2) is 0 Å². The van der Waals surface area contributed by atoms with E-state index in [9.17, 15) is 0 Å². The molecule has 2 aliphatic rings. The van der Waals surface area contributed by atoms with Gasteiger partial charge in [0.1, 0.15) is 0 Å². The van der Waals surface area contributed by atoms with E-state index < -0.39 is 0 Å². The monoisotopic (exact) mass is 324 g/mol. The number of aromatic amines is 2. The van der Waals surface area contributed by atoms with E-state index >= 15 is 0 Å². The molecule has 5 heteroatoms. The lowest BCUT2D eigenvalue weighted by atomic mass is 10.3. The first kappa shape index (κ1) is 15.2. The van der Waals surface area contributed by atoms with E-state index in [0.717, 1.165) is 44.8 Å². The summed E-state index contributed by atoms with van der Waals surface area (Å²) in [5.41, 5.74) is 7.86. The molecule has 0 saturated heterocycles. The van der Waals surface area contributed by atoms with Crippen LogP contribution in [0.5, 0.6) is 0 Å². The Hall–Kier alpha value is -3.34. The fourth-order valence-electron chi connectivity index (χ4n) is 2.94. The molecule has 8 bridgehead atoms. The number of nitrogens with one attached hydrogen (secondary N) is 2. The molecule has 2 aliphatic heterocycles. The molecule has 5 rings (SSSR count). The minimum Gasteiger partial charge on any atom is -0.355 e. The van der Waals surface area contributed by atoms with Crippen molar-refractivity contribution in [3.8, 4) is 0 Å². The molecular formula is C20H17BN4. The molecule has 0 unspecified atom stereocenters. The zero-order valence-corrected chi connectivity index (χ0v) is 12.8. The lowest BCUT2D eigenvalue weighted by Crippen LogP contribution is -1.75. The lowest BCUT2D eigenvalue weighted by Gasteiger charge is -1.85. The summed E-state index contributed by atoms with van der Waals surface area (Å²) in [5.74, 6) is 0. The molecule has 5 heterocycles. The van der Waals surface area contributed by atoms with Gasteiger partial charge >= 0.3 is 0 Å². The van der Waals surface area contributed by atoms with Crippen LogP contribution in [0, 0.1) is 0 Å². The molecule has 0 fully saturated rings. The van der Waals surface area contributed by atoms with E-state index in [4.69, 9.17) is 0 Å². The molecule has 0 aliphatic carbocycles. The fraction of sp³-hybridized carbons (Fsp3) is 0. The summed E-state index contributed by atoms with van der Waals surface area (Å²) < 4.78 is 0. The van der Waals surface area contributed by atoms with E-state index in [1.807, 2.05) is 48.6 Å². The molecule has 0 amide bonds. The molecule has 0 saturated carbocycles. The molecule has 120 valence electrons. The molecule has 2 N–H and O–H groups in total. The normalized spacial score (nSPS) is 12.2. The van der Waals surface area contributed by atoms with Crippen LogP contribution < -0.4 is 0 Å². The van der Waals surface area contributed by atoms with Crippen molar-refractivity contribution in [3.63, 3.8) is 0 Å². The van der Waals surface area contributed by atoms with Gasteiger partial charge in [-0.25, -0.2) is 9.97 Å². The summed E-state index contributed by atoms with van der Waals surface area (Å²) in [6.45, 7) is 0. The summed E-state index contributed by atoms with van der Waals surface area (Å²) in [7, 11) is 0. The zero-order chi connectivity index (χ0) is 15.9. The molecule has 25 heavy (non-hydrogen) atoms.